The number of rotatable bonds is 9. The molecular formula is C24H28N4O3. The highest BCUT2D eigenvalue weighted by molar-refractivity contribution is 6.02. The van der Waals surface area contributed by atoms with Crippen molar-refractivity contribution in [2.45, 2.75) is 32.7 Å². The van der Waals surface area contributed by atoms with Crippen molar-refractivity contribution in [3.05, 3.63) is 71.8 Å². The number of hydrogen-bond donors (Lipinski definition) is 1. The molecule has 1 heterocycles. The largest absolute Gasteiger partial charge is 0.347 e. The van der Waals surface area contributed by atoms with Gasteiger partial charge in [-0.25, -0.2) is 5.01 Å². The number of nitrogens with one attached hydrogen (secondary N) is 1. The highest BCUT2D eigenvalue weighted by Crippen LogP contribution is 2.15. The van der Waals surface area contributed by atoms with Gasteiger partial charge in [-0.05, 0) is 18.1 Å². The van der Waals surface area contributed by atoms with Crippen molar-refractivity contribution >= 4 is 23.4 Å². The first kappa shape index (κ1) is 22.2. The van der Waals surface area contributed by atoms with Crippen molar-refractivity contribution in [3.8, 4) is 0 Å². The van der Waals surface area contributed by atoms with Gasteiger partial charge in [-0.3, -0.25) is 14.4 Å². The van der Waals surface area contributed by atoms with Crippen molar-refractivity contribution in [1.29, 1.82) is 0 Å². The van der Waals surface area contributed by atoms with Crippen LogP contribution in [-0.4, -0.2) is 53.0 Å². The van der Waals surface area contributed by atoms with Gasteiger partial charge in [0.05, 0.1) is 18.8 Å². The zero-order valence-electron chi connectivity index (χ0n) is 17.8. The Kier molecular flexibility index (Phi) is 7.92. The predicted octanol–water partition coefficient (Wildman–Crippen LogP) is 2.57. The third-order valence-corrected chi connectivity index (χ3v) is 5.15. The van der Waals surface area contributed by atoms with E-state index in [0.29, 0.717) is 26.1 Å². The van der Waals surface area contributed by atoms with Gasteiger partial charge < -0.3 is 10.2 Å². The van der Waals surface area contributed by atoms with E-state index in [2.05, 4.69) is 10.4 Å². The number of benzene rings is 2. The van der Waals surface area contributed by atoms with Gasteiger partial charge in [-0.2, -0.15) is 5.10 Å². The topological polar surface area (TPSA) is 82.1 Å². The highest BCUT2D eigenvalue weighted by Gasteiger charge is 2.22. The molecule has 7 nitrogen and oxygen atoms in total. The smallest absolute Gasteiger partial charge is 0.243 e. The third-order valence-electron chi connectivity index (χ3n) is 5.15. The fourth-order valence-corrected chi connectivity index (χ4v) is 3.37. The molecule has 1 N–H and O–H groups in total. The lowest BCUT2D eigenvalue weighted by Crippen LogP contribution is -2.40. The third kappa shape index (κ3) is 6.50. The maximum atomic E-state index is 12.4. The molecule has 0 saturated carbocycles. The van der Waals surface area contributed by atoms with Gasteiger partial charge >= 0.3 is 0 Å². The second-order valence-electron chi connectivity index (χ2n) is 7.35. The van der Waals surface area contributed by atoms with Crippen molar-refractivity contribution in [1.82, 2.24) is 15.2 Å². The summed E-state index contributed by atoms with van der Waals surface area (Å²) in [7, 11) is 0. The molecule has 1 aliphatic rings. The van der Waals surface area contributed by atoms with Gasteiger partial charge in [0.25, 0.3) is 0 Å². The van der Waals surface area contributed by atoms with Crippen LogP contribution in [0.25, 0.3) is 0 Å². The van der Waals surface area contributed by atoms with Crippen LogP contribution in [0.2, 0.25) is 0 Å². The van der Waals surface area contributed by atoms with Crippen LogP contribution in [0, 0.1) is 0 Å². The summed E-state index contributed by atoms with van der Waals surface area (Å²) in [5.41, 5.74) is 2.92. The first-order valence-corrected chi connectivity index (χ1v) is 10.6. The van der Waals surface area contributed by atoms with Crippen LogP contribution in [0.1, 0.15) is 37.3 Å². The molecule has 0 unspecified atom stereocenters. The molecule has 0 aliphatic carbocycles. The first-order valence-electron chi connectivity index (χ1n) is 10.6. The Morgan fingerprint density at radius 2 is 1.68 bits per heavy atom. The van der Waals surface area contributed by atoms with E-state index < -0.39 is 0 Å². The van der Waals surface area contributed by atoms with Crippen molar-refractivity contribution in [2.75, 3.05) is 19.6 Å². The normalized spacial score (nSPS) is 12.9. The van der Waals surface area contributed by atoms with Crippen LogP contribution in [0.4, 0.5) is 0 Å². The summed E-state index contributed by atoms with van der Waals surface area (Å²) < 4.78 is 0. The Labute approximate surface area is 182 Å². The van der Waals surface area contributed by atoms with E-state index in [1.807, 2.05) is 67.6 Å². The van der Waals surface area contributed by atoms with E-state index in [0.717, 1.165) is 16.8 Å². The second kappa shape index (κ2) is 11.1. The number of hydrogen-bond acceptors (Lipinski definition) is 4. The number of amides is 3. The summed E-state index contributed by atoms with van der Waals surface area (Å²) in [6.07, 6.45) is 0.793. The van der Waals surface area contributed by atoms with Gasteiger partial charge in [0, 0.05) is 32.4 Å². The van der Waals surface area contributed by atoms with E-state index in [1.165, 1.54) is 5.01 Å². The molecule has 31 heavy (non-hydrogen) atoms. The molecule has 0 bridgehead atoms. The van der Waals surface area contributed by atoms with Crippen LogP contribution >= 0.6 is 0 Å². The van der Waals surface area contributed by atoms with Crippen LogP contribution in [0.5, 0.6) is 0 Å². The summed E-state index contributed by atoms with van der Waals surface area (Å²) in [6.45, 7) is 3.41. The minimum absolute atomic E-state index is 0.0314. The standard InChI is InChI=1S/C24H28N4O3/c1-2-27(18-19-9-5-3-6-10-19)24(31)17-25-22(29)13-14-23(30)28-16-15-21(26-28)20-11-7-4-8-12-20/h3-12H,2,13-18H2,1H3,(H,25,29). The molecule has 0 fully saturated rings. The maximum absolute atomic E-state index is 12.4. The first-order chi connectivity index (χ1) is 15.1. The van der Waals surface area contributed by atoms with Gasteiger partial charge in [0.15, 0.2) is 0 Å². The van der Waals surface area contributed by atoms with E-state index >= 15 is 0 Å². The van der Waals surface area contributed by atoms with Crippen LogP contribution in [0.3, 0.4) is 0 Å². The summed E-state index contributed by atoms with van der Waals surface area (Å²) in [4.78, 5) is 38.6. The molecule has 1 aliphatic heterocycles. The molecule has 0 radical (unpaired) electrons. The number of carbonyl (C=O) groups excluding carboxylic acids is 3. The molecule has 162 valence electrons. The number of nitrogens with zero attached hydrogens (tertiary/aromatic N) is 3. The van der Waals surface area contributed by atoms with Crippen LogP contribution < -0.4 is 5.32 Å². The van der Waals surface area contributed by atoms with E-state index in [-0.39, 0.29) is 37.1 Å². The van der Waals surface area contributed by atoms with Crippen LogP contribution in [-0.2, 0) is 20.9 Å². The Bertz CT molecular complexity index is 928. The SMILES string of the molecule is CCN(Cc1ccccc1)C(=O)CNC(=O)CCC(=O)N1CCC(c2ccccc2)=N1. The van der Waals surface area contributed by atoms with Gasteiger partial charge in [0.2, 0.25) is 17.7 Å². The zero-order valence-corrected chi connectivity index (χ0v) is 17.8. The van der Waals surface area contributed by atoms with E-state index in [1.54, 1.807) is 4.90 Å². The zero-order chi connectivity index (χ0) is 22.1. The number of likely N-dealkylation sites (N-methyl/N-ethyl adjacent to an activating group) is 1. The quantitative estimate of drug-likeness (QED) is 0.677. The summed E-state index contributed by atoms with van der Waals surface area (Å²) in [5.74, 6) is -0.654. The Morgan fingerprint density at radius 1 is 1.00 bits per heavy atom. The Morgan fingerprint density at radius 3 is 2.35 bits per heavy atom. The van der Waals surface area contributed by atoms with Gasteiger partial charge in [-0.1, -0.05) is 60.7 Å². The summed E-state index contributed by atoms with van der Waals surface area (Å²) in [6, 6.07) is 19.5. The molecular weight excluding hydrogens is 392 g/mol. The Hall–Kier alpha value is -3.48. The number of hydrazone groups is 1. The average Bonchev–Trinajstić information content (AvgIpc) is 3.31. The minimum atomic E-state index is -0.316. The fraction of sp³-hybridized carbons (Fsp3) is 0.333. The van der Waals surface area contributed by atoms with Gasteiger partial charge in [0.1, 0.15) is 0 Å². The average molecular weight is 421 g/mol. The summed E-state index contributed by atoms with van der Waals surface area (Å²) in [5, 5.41) is 8.45. The molecule has 3 amide bonds. The second-order valence-corrected chi connectivity index (χ2v) is 7.35. The van der Waals surface area contributed by atoms with Crippen molar-refractivity contribution in [2.24, 2.45) is 5.10 Å². The van der Waals surface area contributed by atoms with Crippen molar-refractivity contribution < 1.29 is 14.4 Å². The fourth-order valence-electron chi connectivity index (χ4n) is 3.37. The molecule has 7 heteroatoms. The van der Waals surface area contributed by atoms with Crippen molar-refractivity contribution in [3.63, 3.8) is 0 Å². The lowest BCUT2D eigenvalue weighted by Gasteiger charge is -2.21. The lowest BCUT2D eigenvalue weighted by atomic mass is 10.1. The highest BCUT2D eigenvalue weighted by atomic mass is 16.2. The minimum Gasteiger partial charge on any atom is -0.347 e. The molecule has 0 atom stereocenters. The monoisotopic (exact) mass is 420 g/mol. The summed E-state index contributed by atoms with van der Waals surface area (Å²) >= 11 is 0. The maximum Gasteiger partial charge on any atom is 0.243 e. The molecule has 0 aromatic heterocycles. The molecule has 0 spiro atoms. The van der Waals surface area contributed by atoms with E-state index in [9.17, 15) is 14.4 Å². The Balaban J connectivity index is 1.41. The predicted molar refractivity (Wildman–Crippen MR) is 119 cm³/mol. The number of carbonyl (C=O) groups is 3. The molecule has 0 saturated heterocycles. The molecule has 2 aromatic carbocycles. The molecule has 2 aromatic rings. The lowest BCUT2D eigenvalue weighted by molar-refractivity contribution is -0.134. The van der Waals surface area contributed by atoms with Gasteiger partial charge in [-0.15, -0.1) is 0 Å². The van der Waals surface area contributed by atoms with E-state index in [4.69, 9.17) is 0 Å². The molecule has 3 rings (SSSR count). The van der Waals surface area contributed by atoms with Crippen LogP contribution in [0.15, 0.2) is 65.8 Å².